The van der Waals surface area contributed by atoms with Gasteiger partial charge in [-0.1, -0.05) is 13.8 Å². The summed E-state index contributed by atoms with van der Waals surface area (Å²) in [5.74, 6) is 2.64. The van der Waals surface area contributed by atoms with Gasteiger partial charge in [0, 0.05) is 45.3 Å². The smallest absolute Gasteiger partial charge is 0.195 e. The van der Waals surface area contributed by atoms with Crippen molar-refractivity contribution in [1.29, 1.82) is 0 Å². The number of hydrogen-bond donors (Lipinski definition) is 1. The third-order valence-electron chi connectivity index (χ3n) is 6.57. The monoisotopic (exact) mass is 485 g/mol. The fraction of sp³-hybridized carbons (Fsp3) is 0.542. The Kier molecular flexibility index (Phi) is 8.12. The normalized spacial score (nSPS) is 15.3. The van der Waals surface area contributed by atoms with E-state index in [2.05, 4.69) is 38.2 Å². The summed E-state index contributed by atoms with van der Waals surface area (Å²) in [7, 11) is 3.29. The molecule has 1 saturated heterocycles. The molecular weight excluding hydrogens is 450 g/mol. The van der Waals surface area contributed by atoms with Crippen LogP contribution in [-0.4, -0.2) is 82.3 Å². The van der Waals surface area contributed by atoms with E-state index >= 15 is 0 Å². The summed E-state index contributed by atoms with van der Waals surface area (Å²) in [6, 6.07) is 6.37. The van der Waals surface area contributed by atoms with Gasteiger partial charge in [-0.15, -0.1) is 0 Å². The lowest BCUT2D eigenvalue weighted by Gasteiger charge is -2.39. The minimum absolute atomic E-state index is 0.391. The summed E-state index contributed by atoms with van der Waals surface area (Å²) >= 11 is 1.42. The highest BCUT2D eigenvalue weighted by Crippen LogP contribution is 2.38. The Morgan fingerprint density at radius 3 is 2.47 bits per heavy atom. The molecule has 3 aliphatic rings. The second-order valence-corrected chi connectivity index (χ2v) is 9.48. The van der Waals surface area contributed by atoms with Gasteiger partial charge in [-0.05, 0) is 42.8 Å². The highest BCUT2D eigenvalue weighted by molar-refractivity contribution is 7.99. The van der Waals surface area contributed by atoms with E-state index in [9.17, 15) is 0 Å². The number of nitrogens with two attached hydrogens (primary N) is 1. The summed E-state index contributed by atoms with van der Waals surface area (Å²) in [5.41, 5.74) is 6.78. The maximum atomic E-state index is 6.15. The van der Waals surface area contributed by atoms with Crippen molar-refractivity contribution in [3.8, 4) is 23.0 Å². The molecule has 1 aromatic carbocycles. The Morgan fingerprint density at radius 1 is 1.03 bits per heavy atom. The number of aromatic nitrogens is 4. The average molecular weight is 486 g/mol. The third-order valence-corrected chi connectivity index (χ3v) is 7.47. The van der Waals surface area contributed by atoms with Gasteiger partial charge in [0.25, 0.3) is 0 Å². The van der Waals surface area contributed by atoms with Crippen LogP contribution in [0.4, 0.5) is 5.82 Å². The van der Waals surface area contributed by atoms with Gasteiger partial charge < -0.3 is 19.8 Å². The molecule has 10 heteroatoms. The van der Waals surface area contributed by atoms with Gasteiger partial charge in [0.05, 0.1) is 25.4 Å². The second kappa shape index (κ2) is 11.2. The van der Waals surface area contributed by atoms with E-state index in [0.29, 0.717) is 22.7 Å². The van der Waals surface area contributed by atoms with E-state index in [4.69, 9.17) is 20.2 Å². The molecule has 0 radical (unpaired) electrons. The zero-order valence-corrected chi connectivity index (χ0v) is 21.3. The van der Waals surface area contributed by atoms with Crippen molar-refractivity contribution >= 4 is 17.6 Å². The highest BCUT2D eigenvalue weighted by atomic mass is 32.2. The average Bonchev–Trinajstić information content (AvgIpc) is 3.30. The molecule has 0 aromatic heterocycles. The molecule has 0 spiro atoms. The van der Waals surface area contributed by atoms with Gasteiger partial charge in [-0.3, -0.25) is 9.80 Å². The number of piperazine rings is 1. The predicted octanol–water partition coefficient (Wildman–Crippen LogP) is 3.33. The fourth-order valence-corrected chi connectivity index (χ4v) is 5.40. The van der Waals surface area contributed by atoms with Gasteiger partial charge in [0.15, 0.2) is 22.5 Å². The maximum absolute atomic E-state index is 6.15. The summed E-state index contributed by atoms with van der Waals surface area (Å²) in [6.07, 6.45) is 4.21. The van der Waals surface area contributed by atoms with Crippen LogP contribution in [-0.2, 0) is 6.54 Å². The van der Waals surface area contributed by atoms with Crippen molar-refractivity contribution in [3.05, 3.63) is 24.5 Å². The molecule has 0 saturated carbocycles. The number of imidazole rings is 1. The SMILES string of the molecule is CCC(CC)N1CCN(CCn2cnc(N)c3nc(Sc4cc(OC)ccc4OC)nc2-3)CC1. The first-order valence-corrected chi connectivity index (χ1v) is 12.7. The van der Waals surface area contributed by atoms with Crippen LogP contribution in [0, 0.1) is 0 Å². The van der Waals surface area contributed by atoms with Gasteiger partial charge in [-0.25, -0.2) is 15.0 Å². The molecule has 0 aliphatic carbocycles. The first-order valence-electron chi connectivity index (χ1n) is 11.9. The zero-order valence-electron chi connectivity index (χ0n) is 20.5. The molecule has 184 valence electrons. The molecule has 3 heterocycles. The summed E-state index contributed by atoms with van der Waals surface area (Å²) in [4.78, 5) is 19.9. The van der Waals surface area contributed by atoms with E-state index in [1.165, 1.54) is 24.6 Å². The van der Waals surface area contributed by atoms with Gasteiger partial charge >= 0.3 is 0 Å². The highest BCUT2D eigenvalue weighted by Gasteiger charge is 2.23. The van der Waals surface area contributed by atoms with Crippen LogP contribution in [0.15, 0.2) is 34.6 Å². The molecule has 0 amide bonds. The van der Waals surface area contributed by atoms with Gasteiger partial charge in [-0.2, -0.15) is 0 Å². The summed E-state index contributed by atoms with van der Waals surface area (Å²) in [5, 5.41) is 0.605. The Morgan fingerprint density at radius 2 is 1.79 bits per heavy atom. The van der Waals surface area contributed by atoms with Crippen molar-refractivity contribution in [2.24, 2.45) is 0 Å². The lowest BCUT2D eigenvalue weighted by molar-refractivity contribution is 0.0900. The fourth-order valence-electron chi connectivity index (χ4n) is 4.51. The molecule has 0 bridgehead atoms. The zero-order chi connectivity index (χ0) is 24.1. The van der Waals surface area contributed by atoms with Crippen LogP contribution in [0.3, 0.4) is 0 Å². The molecule has 4 rings (SSSR count). The molecule has 2 N–H and O–H groups in total. The number of nitrogens with zero attached hydrogens (tertiary/aromatic N) is 6. The molecule has 1 aromatic rings. The Balaban J connectivity index is 1.46. The Labute approximate surface area is 206 Å². The van der Waals surface area contributed by atoms with Crippen molar-refractivity contribution in [2.45, 2.75) is 49.3 Å². The van der Waals surface area contributed by atoms with Crippen molar-refractivity contribution < 1.29 is 9.47 Å². The minimum Gasteiger partial charge on any atom is -0.497 e. The summed E-state index contributed by atoms with van der Waals surface area (Å²) < 4.78 is 12.9. The van der Waals surface area contributed by atoms with Crippen LogP contribution in [0.1, 0.15) is 26.7 Å². The predicted molar refractivity (Wildman–Crippen MR) is 135 cm³/mol. The molecular formula is C24H35N7O2S. The number of fused-ring (bicyclic) bond motifs is 1. The molecule has 0 atom stereocenters. The molecule has 1 fully saturated rings. The van der Waals surface area contributed by atoms with E-state index in [1.54, 1.807) is 20.5 Å². The van der Waals surface area contributed by atoms with Crippen molar-refractivity contribution in [1.82, 2.24) is 29.3 Å². The minimum atomic E-state index is 0.391. The van der Waals surface area contributed by atoms with E-state index in [-0.39, 0.29) is 0 Å². The quantitative estimate of drug-likeness (QED) is 0.464. The van der Waals surface area contributed by atoms with Crippen LogP contribution in [0.5, 0.6) is 11.5 Å². The second-order valence-electron chi connectivity index (χ2n) is 8.47. The molecule has 0 unspecified atom stereocenters. The van der Waals surface area contributed by atoms with Gasteiger partial charge in [0.2, 0.25) is 0 Å². The lowest BCUT2D eigenvalue weighted by atomic mass is 10.1. The van der Waals surface area contributed by atoms with E-state index in [1.807, 2.05) is 18.2 Å². The maximum Gasteiger partial charge on any atom is 0.195 e. The Bertz CT molecular complexity index is 1050. The van der Waals surface area contributed by atoms with Crippen LogP contribution < -0.4 is 15.2 Å². The molecule has 3 aliphatic heterocycles. The largest absolute Gasteiger partial charge is 0.497 e. The number of ether oxygens (including phenoxy) is 2. The first-order chi connectivity index (χ1) is 16.6. The number of rotatable bonds is 10. The van der Waals surface area contributed by atoms with E-state index < -0.39 is 0 Å². The van der Waals surface area contributed by atoms with Crippen molar-refractivity contribution in [2.75, 3.05) is 52.7 Å². The third kappa shape index (κ3) is 5.39. The lowest BCUT2D eigenvalue weighted by Crippen LogP contribution is -2.50. The molecule has 34 heavy (non-hydrogen) atoms. The number of nitrogen functional groups attached to an aromatic ring is 1. The first kappa shape index (κ1) is 24.6. The number of anilines is 1. The standard InChI is InChI=1S/C24H35N7O2S/c1-5-17(6-2)30-12-9-29(10-13-30)11-14-31-16-26-22(25)21-23(31)28-24(27-21)34-20-15-18(32-3)7-8-19(20)33-4/h7-8,15-17H,5-6,9-14,25H2,1-4H3. The van der Waals surface area contributed by atoms with E-state index in [0.717, 1.165) is 61.5 Å². The van der Waals surface area contributed by atoms with Crippen LogP contribution >= 0.6 is 11.8 Å². The number of benzene rings is 1. The van der Waals surface area contributed by atoms with Crippen molar-refractivity contribution in [3.63, 3.8) is 0 Å². The summed E-state index contributed by atoms with van der Waals surface area (Å²) in [6.45, 7) is 10.7. The van der Waals surface area contributed by atoms with Crippen LogP contribution in [0.25, 0.3) is 11.5 Å². The van der Waals surface area contributed by atoms with Gasteiger partial charge in [0.1, 0.15) is 11.5 Å². The van der Waals surface area contributed by atoms with Crippen LogP contribution in [0.2, 0.25) is 0 Å². The number of methoxy groups -OCH3 is 2. The number of hydrogen-bond acceptors (Lipinski definition) is 9. The Hall–Kier alpha value is -2.56. The topological polar surface area (TPSA) is 94.6 Å². The molecule has 9 nitrogen and oxygen atoms in total.